The molecule has 0 saturated heterocycles. The van der Waals surface area contributed by atoms with Gasteiger partial charge in [0.1, 0.15) is 0 Å². The third-order valence-corrected chi connectivity index (χ3v) is 4.76. The molecule has 0 saturated carbocycles. The second-order valence-electron chi connectivity index (χ2n) is 7.72. The topological polar surface area (TPSA) is 76.0 Å². The van der Waals surface area contributed by atoms with Crippen LogP contribution < -0.4 is 10.6 Å². The number of aryl methyl sites for hydroxylation is 2. The van der Waals surface area contributed by atoms with Gasteiger partial charge in [-0.05, 0) is 44.0 Å². The number of hydrogen-bond donors (Lipinski definition) is 2. The molecular formula is C20H27ClN4O2. The highest BCUT2D eigenvalue weighted by molar-refractivity contribution is 6.34. The molecular weight excluding hydrogens is 364 g/mol. The molecule has 0 fully saturated rings. The number of nitrogens with one attached hydrogen (secondary N) is 2. The molecule has 27 heavy (non-hydrogen) atoms. The second kappa shape index (κ2) is 8.13. The molecule has 1 aromatic carbocycles. The van der Waals surface area contributed by atoms with Gasteiger partial charge >= 0.3 is 0 Å². The van der Waals surface area contributed by atoms with E-state index >= 15 is 0 Å². The molecule has 0 bridgehead atoms. The molecule has 0 aliphatic rings. The third-order valence-electron chi connectivity index (χ3n) is 4.44. The fraction of sp³-hybridized carbons (Fsp3) is 0.450. The summed E-state index contributed by atoms with van der Waals surface area (Å²) in [7, 11) is 1.90. The molecule has 0 unspecified atom stereocenters. The molecule has 0 aliphatic heterocycles. The normalized spacial score (nSPS) is 11.4. The van der Waals surface area contributed by atoms with Crippen LogP contribution in [0.5, 0.6) is 0 Å². The number of halogens is 1. The monoisotopic (exact) mass is 390 g/mol. The Hall–Kier alpha value is -2.34. The lowest BCUT2D eigenvalue weighted by atomic mass is 9.95. The standard InChI is InChI=1S/C20H27ClN4O2/c1-12-15(13(2)25(6)24-12)8-10-18(26)22-14-7-9-17(16(21)11-14)23-19(27)20(3,4)5/h7,9,11H,8,10H2,1-6H3,(H,22,26)(H,23,27). The van der Waals surface area contributed by atoms with E-state index in [1.54, 1.807) is 18.2 Å². The van der Waals surface area contributed by atoms with Gasteiger partial charge in [-0.15, -0.1) is 0 Å². The van der Waals surface area contributed by atoms with E-state index in [0.717, 1.165) is 17.0 Å². The fourth-order valence-electron chi connectivity index (χ4n) is 2.65. The molecule has 0 atom stereocenters. The Bertz CT molecular complexity index is 866. The maximum absolute atomic E-state index is 12.3. The van der Waals surface area contributed by atoms with E-state index < -0.39 is 5.41 Å². The van der Waals surface area contributed by atoms with E-state index in [1.165, 1.54) is 0 Å². The van der Waals surface area contributed by atoms with E-state index in [1.807, 2.05) is 46.3 Å². The SMILES string of the molecule is Cc1nn(C)c(C)c1CCC(=O)Nc1ccc(NC(=O)C(C)(C)C)c(Cl)c1. The molecule has 146 valence electrons. The minimum Gasteiger partial charge on any atom is -0.326 e. The van der Waals surface area contributed by atoms with Gasteiger partial charge in [-0.1, -0.05) is 32.4 Å². The zero-order valence-electron chi connectivity index (χ0n) is 16.7. The zero-order chi connectivity index (χ0) is 20.4. The van der Waals surface area contributed by atoms with Crippen LogP contribution in [0.3, 0.4) is 0 Å². The molecule has 2 N–H and O–H groups in total. The summed E-state index contributed by atoms with van der Waals surface area (Å²) < 4.78 is 1.83. The number of benzene rings is 1. The minimum atomic E-state index is -0.515. The summed E-state index contributed by atoms with van der Waals surface area (Å²) in [5.74, 6) is -0.219. The number of aromatic nitrogens is 2. The Morgan fingerprint density at radius 2 is 1.85 bits per heavy atom. The van der Waals surface area contributed by atoms with Gasteiger partial charge in [0.05, 0.1) is 16.4 Å². The number of anilines is 2. The van der Waals surface area contributed by atoms with E-state index in [4.69, 9.17) is 11.6 Å². The molecule has 6 nitrogen and oxygen atoms in total. The predicted molar refractivity (Wildman–Crippen MR) is 109 cm³/mol. The Labute approximate surface area is 165 Å². The third kappa shape index (κ3) is 5.32. The number of amides is 2. The summed E-state index contributed by atoms with van der Waals surface area (Å²) in [6.45, 7) is 9.44. The summed E-state index contributed by atoms with van der Waals surface area (Å²) >= 11 is 6.25. The predicted octanol–water partition coefficient (Wildman–Crippen LogP) is 4.25. The van der Waals surface area contributed by atoms with Crippen molar-refractivity contribution in [2.75, 3.05) is 10.6 Å². The summed E-state index contributed by atoms with van der Waals surface area (Å²) in [4.78, 5) is 24.3. The summed E-state index contributed by atoms with van der Waals surface area (Å²) in [6.07, 6.45) is 0.984. The second-order valence-corrected chi connectivity index (χ2v) is 8.13. The van der Waals surface area contributed by atoms with Gasteiger partial charge < -0.3 is 10.6 Å². The van der Waals surface area contributed by atoms with Crippen LogP contribution in [0.15, 0.2) is 18.2 Å². The highest BCUT2D eigenvalue weighted by Crippen LogP contribution is 2.27. The van der Waals surface area contributed by atoms with Crippen LogP contribution in [-0.4, -0.2) is 21.6 Å². The molecule has 1 aromatic heterocycles. The summed E-state index contributed by atoms with van der Waals surface area (Å²) in [6, 6.07) is 5.05. The van der Waals surface area contributed by atoms with E-state index in [0.29, 0.717) is 29.2 Å². The van der Waals surface area contributed by atoms with Crippen molar-refractivity contribution in [2.24, 2.45) is 12.5 Å². The molecule has 1 heterocycles. The van der Waals surface area contributed by atoms with Crippen molar-refractivity contribution in [1.29, 1.82) is 0 Å². The van der Waals surface area contributed by atoms with Gasteiger partial charge in [0.2, 0.25) is 11.8 Å². The lowest BCUT2D eigenvalue weighted by Crippen LogP contribution is -2.27. The highest BCUT2D eigenvalue weighted by atomic mass is 35.5. The minimum absolute atomic E-state index is 0.0970. The van der Waals surface area contributed by atoms with E-state index in [-0.39, 0.29) is 11.8 Å². The molecule has 2 amide bonds. The van der Waals surface area contributed by atoms with Crippen LogP contribution in [0.1, 0.15) is 44.1 Å². The lowest BCUT2D eigenvalue weighted by molar-refractivity contribution is -0.123. The van der Waals surface area contributed by atoms with Crippen LogP contribution in [-0.2, 0) is 23.1 Å². The van der Waals surface area contributed by atoms with Gasteiger partial charge in [-0.25, -0.2) is 0 Å². The highest BCUT2D eigenvalue weighted by Gasteiger charge is 2.22. The van der Waals surface area contributed by atoms with Gasteiger partial charge in [-0.3, -0.25) is 14.3 Å². The van der Waals surface area contributed by atoms with Crippen LogP contribution in [0.4, 0.5) is 11.4 Å². The van der Waals surface area contributed by atoms with Gasteiger partial charge in [0.15, 0.2) is 0 Å². The van der Waals surface area contributed by atoms with Crippen molar-refractivity contribution >= 4 is 34.8 Å². The summed E-state index contributed by atoms with van der Waals surface area (Å²) in [5.41, 5.74) is 3.73. The Balaban J connectivity index is 1.98. The molecule has 2 aromatic rings. The first-order valence-electron chi connectivity index (χ1n) is 8.89. The average Bonchev–Trinajstić information content (AvgIpc) is 2.79. The molecule has 7 heteroatoms. The van der Waals surface area contributed by atoms with E-state index in [9.17, 15) is 9.59 Å². The zero-order valence-corrected chi connectivity index (χ0v) is 17.5. The number of carbonyl (C=O) groups is 2. The first-order valence-corrected chi connectivity index (χ1v) is 9.26. The van der Waals surface area contributed by atoms with Crippen molar-refractivity contribution in [3.8, 4) is 0 Å². The van der Waals surface area contributed by atoms with Crippen LogP contribution in [0, 0.1) is 19.3 Å². The van der Waals surface area contributed by atoms with Crippen LogP contribution >= 0.6 is 11.6 Å². The number of hydrogen-bond acceptors (Lipinski definition) is 3. The lowest BCUT2D eigenvalue weighted by Gasteiger charge is -2.18. The van der Waals surface area contributed by atoms with Gasteiger partial charge in [0.25, 0.3) is 0 Å². The smallest absolute Gasteiger partial charge is 0.229 e. The average molecular weight is 391 g/mol. The molecule has 0 spiro atoms. The fourth-order valence-corrected chi connectivity index (χ4v) is 2.87. The van der Waals surface area contributed by atoms with Gasteiger partial charge in [0, 0.05) is 30.3 Å². The maximum atomic E-state index is 12.3. The number of nitrogens with zero attached hydrogens (tertiary/aromatic N) is 2. The van der Waals surface area contributed by atoms with Crippen molar-refractivity contribution in [1.82, 2.24) is 9.78 Å². The number of rotatable bonds is 5. The molecule has 2 rings (SSSR count). The van der Waals surface area contributed by atoms with Crippen LogP contribution in [0.2, 0.25) is 5.02 Å². The van der Waals surface area contributed by atoms with Gasteiger partial charge in [-0.2, -0.15) is 5.10 Å². The van der Waals surface area contributed by atoms with Crippen molar-refractivity contribution in [3.63, 3.8) is 0 Å². The maximum Gasteiger partial charge on any atom is 0.229 e. The van der Waals surface area contributed by atoms with Crippen molar-refractivity contribution in [3.05, 3.63) is 40.2 Å². The van der Waals surface area contributed by atoms with Crippen LogP contribution in [0.25, 0.3) is 0 Å². The Kier molecular flexibility index (Phi) is 6.31. The molecule has 0 aliphatic carbocycles. The first-order chi connectivity index (χ1) is 12.5. The first kappa shape index (κ1) is 21.0. The largest absolute Gasteiger partial charge is 0.326 e. The Morgan fingerprint density at radius 1 is 1.19 bits per heavy atom. The number of carbonyl (C=O) groups excluding carboxylic acids is 2. The quantitative estimate of drug-likeness (QED) is 0.801. The summed E-state index contributed by atoms with van der Waals surface area (Å²) in [5, 5.41) is 10.4. The molecule has 0 radical (unpaired) electrons. The van der Waals surface area contributed by atoms with Crippen molar-refractivity contribution in [2.45, 2.75) is 47.5 Å². The Morgan fingerprint density at radius 3 is 2.37 bits per heavy atom. The van der Waals surface area contributed by atoms with Crippen molar-refractivity contribution < 1.29 is 9.59 Å². The van der Waals surface area contributed by atoms with E-state index in [2.05, 4.69) is 15.7 Å².